The molecule has 0 bridgehead atoms. The lowest BCUT2D eigenvalue weighted by atomic mass is 10.2. The molecule has 1 heterocycles. The summed E-state index contributed by atoms with van der Waals surface area (Å²) in [6.45, 7) is 0.354. The summed E-state index contributed by atoms with van der Waals surface area (Å²) in [5.41, 5.74) is 1.32. The number of aromatic nitrogens is 2. The van der Waals surface area contributed by atoms with Gasteiger partial charge in [0.15, 0.2) is 0 Å². The fourth-order valence-corrected chi connectivity index (χ4v) is 2.91. The molecule has 7 nitrogen and oxygen atoms in total. The van der Waals surface area contributed by atoms with E-state index in [2.05, 4.69) is 20.8 Å². The van der Waals surface area contributed by atoms with E-state index in [0.29, 0.717) is 17.2 Å². The summed E-state index contributed by atoms with van der Waals surface area (Å²) in [7, 11) is 0. The first-order chi connectivity index (χ1) is 13.6. The van der Waals surface area contributed by atoms with Crippen LogP contribution in [0.3, 0.4) is 0 Å². The summed E-state index contributed by atoms with van der Waals surface area (Å²) in [5, 5.41) is 13.5. The summed E-state index contributed by atoms with van der Waals surface area (Å²) in [6, 6.07) is 15.1. The predicted molar refractivity (Wildman–Crippen MR) is 102 cm³/mol. The van der Waals surface area contributed by atoms with Crippen LogP contribution in [0.5, 0.6) is 0 Å². The molecule has 2 N–H and O–H groups in total. The van der Waals surface area contributed by atoms with Gasteiger partial charge in [0.1, 0.15) is 24.0 Å². The minimum atomic E-state index is -0.491. The number of hydrogen-bond donors (Lipinski definition) is 2. The standard InChI is InChI=1S/C19H17FN4O3S/c20-14-7-4-8-15(9-14)22-18(26)19-24-23-17(28-19)12-27-11-16(25)21-10-13-5-2-1-3-6-13/h1-9H,10-12H2,(H,21,25)(H,22,26). The van der Waals surface area contributed by atoms with Gasteiger partial charge in [-0.15, -0.1) is 10.2 Å². The van der Waals surface area contributed by atoms with Gasteiger partial charge < -0.3 is 15.4 Å². The summed E-state index contributed by atoms with van der Waals surface area (Å²) >= 11 is 1.04. The van der Waals surface area contributed by atoms with Crippen molar-refractivity contribution < 1.29 is 18.7 Å². The number of halogens is 1. The Labute approximate surface area is 164 Å². The number of anilines is 1. The normalized spacial score (nSPS) is 10.5. The number of carbonyl (C=O) groups excluding carboxylic acids is 2. The molecule has 3 rings (SSSR count). The zero-order valence-corrected chi connectivity index (χ0v) is 15.5. The maximum absolute atomic E-state index is 13.2. The molecule has 1 aromatic heterocycles. The fraction of sp³-hybridized carbons (Fsp3) is 0.158. The molecular formula is C19H17FN4O3S. The number of hydrogen-bond acceptors (Lipinski definition) is 6. The van der Waals surface area contributed by atoms with E-state index in [1.54, 1.807) is 6.07 Å². The second-order valence-electron chi connectivity index (χ2n) is 5.72. The Morgan fingerprint density at radius 3 is 2.68 bits per heavy atom. The summed E-state index contributed by atoms with van der Waals surface area (Å²) < 4.78 is 18.5. The van der Waals surface area contributed by atoms with Crippen molar-refractivity contribution in [3.63, 3.8) is 0 Å². The van der Waals surface area contributed by atoms with Crippen molar-refractivity contribution in [3.05, 3.63) is 76.0 Å². The zero-order chi connectivity index (χ0) is 19.8. The first kappa shape index (κ1) is 19.6. The number of benzene rings is 2. The average molecular weight is 400 g/mol. The number of rotatable bonds is 8. The number of amides is 2. The molecule has 0 aliphatic carbocycles. The van der Waals surface area contributed by atoms with Gasteiger partial charge in [-0.2, -0.15) is 0 Å². The number of ether oxygens (including phenoxy) is 1. The third kappa shape index (κ3) is 5.93. The lowest BCUT2D eigenvalue weighted by Gasteiger charge is -2.05. The predicted octanol–water partition coefficient (Wildman–Crippen LogP) is 2.76. The summed E-state index contributed by atoms with van der Waals surface area (Å²) in [6.07, 6.45) is 0. The van der Waals surface area contributed by atoms with Gasteiger partial charge in [0.2, 0.25) is 10.9 Å². The third-order valence-electron chi connectivity index (χ3n) is 3.53. The van der Waals surface area contributed by atoms with Gasteiger partial charge >= 0.3 is 0 Å². The number of nitrogens with one attached hydrogen (secondary N) is 2. The maximum Gasteiger partial charge on any atom is 0.286 e. The molecule has 0 atom stereocenters. The molecule has 144 valence electrons. The van der Waals surface area contributed by atoms with E-state index in [0.717, 1.165) is 16.9 Å². The molecule has 2 amide bonds. The molecule has 0 aliphatic heterocycles. The van der Waals surface area contributed by atoms with Gasteiger partial charge in [0.25, 0.3) is 5.91 Å². The van der Waals surface area contributed by atoms with Crippen LogP contribution in [0.1, 0.15) is 20.4 Å². The molecule has 0 unspecified atom stereocenters. The molecular weight excluding hydrogens is 383 g/mol. The van der Waals surface area contributed by atoms with E-state index >= 15 is 0 Å². The van der Waals surface area contributed by atoms with Gasteiger partial charge in [-0.05, 0) is 23.8 Å². The first-order valence-corrected chi connectivity index (χ1v) is 9.19. The van der Waals surface area contributed by atoms with Crippen LogP contribution in [0.25, 0.3) is 0 Å². The van der Waals surface area contributed by atoms with Crippen molar-refractivity contribution in [2.24, 2.45) is 0 Å². The van der Waals surface area contributed by atoms with E-state index in [1.807, 2.05) is 30.3 Å². The minimum absolute atomic E-state index is 0.0592. The zero-order valence-electron chi connectivity index (χ0n) is 14.7. The summed E-state index contributed by atoms with van der Waals surface area (Å²) in [5.74, 6) is -1.19. The molecule has 28 heavy (non-hydrogen) atoms. The highest BCUT2D eigenvalue weighted by Crippen LogP contribution is 2.15. The second-order valence-corrected chi connectivity index (χ2v) is 6.78. The molecule has 2 aromatic carbocycles. The molecule has 0 fully saturated rings. The van der Waals surface area contributed by atoms with Crippen LogP contribution >= 0.6 is 11.3 Å². The molecule has 3 aromatic rings. The Morgan fingerprint density at radius 1 is 1.07 bits per heavy atom. The Hall–Kier alpha value is -3.17. The number of carbonyl (C=O) groups is 2. The Balaban J connectivity index is 1.41. The lowest BCUT2D eigenvalue weighted by Crippen LogP contribution is -2.27. The quantitative estimate of drug-likeness (QED) is 0.607. The van der Waals surface area contributed by atoms with E-state index in [4.69, 9.17) is 4.74 Å². The fourth-order valence-electron chi connectivity index (χ4n) is 2.23. The van der Waals surface area contributed by atoms with E-state index < -0.39 is 11.7 Å². The van der Waals surface area contributed by atoms with Gasteiger partial charge in [0, 0.05) is 12.2 Å². The van der Waals surface area contributed by atoms with Crippen LogP contribution in [0.4, 0.5) is 10.1 Å². The minimum Gasteiger partial charge on any atom is -0.364 e. The molecule has 0 aliphatic rings. The largest absolute Gasteiger partial charge is 0.364 e. The third-order valence-corrected chi connectivity index (χ3v) is 4.43. The van der Waals surface area contributed by atoms with Crippen molar-refractivity contribution in [1.82, 2.24) is 15.5 Å². The van der Waals surface area contributed by atoms with Crippen molar-refractivity contribution in [2.75, 3.05) is 11.9 Å². The molecule has 9 heteroatoms. The van der Waals surface area contributed by atoms with Crippen LogP contribution in [0.2, 0.25) is 0 Å². The van der Waals surface area contributed by atoms with Gasteiger partial charge in [0.05, 0.1) is 0 Å². The van der Waals surface area contributed by atoms with E-state index in [9.17, 15) is 14.0 Å². The Bertz CT molecular complexity index is 949. The Kier molecular flexibility index (Phi) is 6.77. The van der Waals surface area contributed by atoms with Crippen LogP contribution in [0, 0.1) is 5.82 Å². The topological polar surface area (TPSA) is 93.2 Å². The van der Waals surface area contributed by atoms with E-state index in [-0.39, 0.29) is 24.1 Å². The van der Waals surface area contributed by atoms with Gasteiger partial charge in [-0.25, -0.2) is 4.39 Å². The van der Waals surface area contributed by atoms with Crippen LogP contribution in [0.15, 0.2) is 54.6 Å². The second kappa shape index (κ2) is 9.67. The molecule has 0 spiro atoms. The lowest BCUT2D eigenvalue weighted by molar-refractivity contribution is -0.126. The van der Waals surface area contributed by atoms with Crippen LogP contribution in [-0.2, 0) is 22.7 Å². The van der Waals surface area contributed by atoms with E-state index in [1.165, 1.54) is 18.2 Å². The SMILES string of the molecule is O=C(COCc1nnc(C(=O)Nc2cccc(F)c2)s1)NCc1ccccc1. The highest BCUT2D eigenvalue weighted by atomic mass is 32.1. The molecule has 0 saturated carbocycles. The average Bonchev–Trinajstić information content (AvgIpc) is 3.16. The molecule has 0 saturated heterocycles. The maximum atomic E-state index is 13.2. The van der Waals surface area contributed by atoms with Crippen molar-refractivity contribution in [2.45, 2.75) is 13.2 Å². The summed E-state index contributed by atoms with van der Waals surface area (Å²) in [4.78, 5) is 23.9. The van der Waals surface area contributed by atoms with Gasteiger partial charge in [-0.3, -0.25) is 9.59 Å². The monoisotopic (exact) mass is 400 g/mol. The van der Waals surface area contributed by atoms with Crippen molar-refractivity contribution >= 4 is 28.8 Å². The smallest absolute Gasteiger partial charge is 0.286 e. The number of nitrogens with zero attached hydrogens (tertiary/aromatic N) is 2. The molecule has 0 radical (unpaired) electrons. The highest BCUT2D eigenvalue weighted by molar-refractivity contribution is 7.13. The van der Waals surface area contributed by atoms with Crippen LogP contribution in [-0.4, -0.2) is 28.6 Å². The first-order valence-electron chi connectivity index (χ1n) is 8.38. The highest BCUT2D eigenvalue weighted by Gasteiger charge is 2.14. The van der Waals surface area contributed by atoms with Crippen molar-refractivity contribution in [3.8, 4) is 0 Å². The van der Waals surface area contributed by atoms with Crippen LogP contribution < -0.4 is 10.6 Å². The van der Waals surface area contributed by atoms with Crippen molar-refractivity contribution in [1.29, 1.82) is 0 Å². The Morgan fingerprint density at radius 2 is 1.89 bits per heavy atom. The van der Waals surface area contributed by atoms with Gasteiger partial charge in [-0.1, -0.05) is 47.7 Å².